The SMILES string of the molecule is COc1ccc(N(CC(=O)Nc2cccc(OC(C)C)c2)S(=O)(=O)c2ccc(C)cc2)cc1. The van der Waals surface area contributed by atoms with Gasteiger partial charge in [0.15, 0.2) is 0 Å². The molecule has 0 heterocycles. The van der Waals surface area contributed by atoms with Crippen LogP contribution in [-0.4, -0.2) is 34.1 Å². The van der Waals surface area contributed by atoms with Gasteiger partial charge in [0.05, 0.1) is 23.8 Å². The van der Waals surface area contributed by atoms with E-state index in [2.05, 4.69) is 5.32 Å². The third kappa shape index (κ3) is 6.26. The number of amides is 1. The van der Waals surface area contributed by atoms with Gasteiger partial charge >= 0.3 is 0 Å². The number of anilines is 2. The van der Waals surface area contributed by atoms with Crippen LogP contribution in [0.2, 0.25) is 0 Å². The van der Waals surface area contributed by atoms with E-state index in [0.717, 1.165) is 9.87 Å². The molecule has 0 atom stereocenters. The van der Waals surface area contributed by atoms with Gasteiger partial charge in [0, 0.05) is 11.8 Å². The van der Waals surface area contributed by atoms with Crippen molar-refractivity contribution in [3.8, 4) is 11.5 Å². The van der Waals surface area contributed by atoms with Gasteiger partial charge in [0.1, 0.15) is 18.0 Å². The first kappa shape index (κ1) is 24.1. The normalized spacial score (nSPS) is 11.2. The Morgan fingerprint density at radius 1 is 0.970 bits per heavy atom. The number of carbonyl (C=O) groups excluding carboxylic acids is 1. The first-order chi connectivity index (χ1) is 15.7. The number of hydrogen-bond donors (Lipinski definition) is 1. The number of ether oxygens (including phenoxy) is 2. The second-order valence-corrected chi connectivity index (χ2v) is 9.63. The lowest BCUT2D eigenvalue weighted by Crippen LogP contribution is -2.38. The van der Waals surface area contributed by atoms with Crippen molar-refractivity contribution < 1.29 is 22.7 Å². The summed E-state index contributed by atoms with van der Waals surface area (Å²) in [5.74, 6) is 0.711. The maximum absolute atomic E-state index is 13.5. The van der Waals surface area contributed by atoms with Gasteiger partial charge in [-0.1, -0.05) is 23.8 Å². The van der Waals surface area contributed by atoms with Crippen LogP contribution in [0.25, 0.3) is 0 Å². The molecule has 0 fully saturated rings. The number of nitrogens with one attached hydrogen (secondary N) is 1. The molecule has 0 aromatic heterocycles. The Labute approximate surface area is 195 Å². The molecular weight excluding hydrogens is 440 g/mol. The van der Waals surface area contributed by atoms with E-state index in [9.17, 15) is 13.2 Å². The standard InChI is InChI=1S/C25H28N2O5S/c1-18(2)32-23-7-5-6-20(16-23)26-25(28)17-27(21-10-12-22(31-4)13-11-21)33(29,30)24-14-8-19(3)9-15-24/h5-16,18H,17H2,1-4H3,(H,26,28). The van der Waals surface area contributed by atoms with E-state index in [1.165, 1.54) is 19.2 Å². The highest BCUT2D eigenvalue weighted by Crippen LogP contribution is 2.26. The van der Waals surface area contributed by atoms with Gasteiger partial charge in [-0.05, 0) is 69.3 Å². The van der Waals surface area contributed by atoms with Gasteiger partial charge in [-0.2, -0.15) is 0 Å². The molecule has 33 heavy (non-hydrogen) atoms. The Kier molecular flexibility index (Phi) is 7.60. The van der Waals surface area contributed by atoms with Crippen LogP contribution >= 0.6 is 0 Å². The lowest BCUT2D eigenvalue weighted by atomic mass is 10.2. The first-order valence-corrected chi connectivity index (χ1v) is 11.9. The Morgan fingerprint density at radius 3 is 2.24 bits per heavy atom. The minimum absolute atomic E-state index is 0.0128. The van der Waals surface area contributed by atoms with Crippen molar-refractivity contribution in [1.29, 1.82) is 0 Å². The Hall–Kier alpha value is -3.52. The number of carbonyl (C=O) groups is 1. The molecule has 0 saturated heterocycles. The predicted molar refractivity (Wildman–Crippen MR) is 130 cm³/mol. The summed E-state index contributed by atoms with van der Waals surface area (Å²) in [6.45, 7) is 5.29. The molecule has 7 nitrogen and oxygen atoms in total. The zero-order chi connectivity index (χ0) is 24.0. The van der Waals surface area contributed by atoms with Crippen LogP contribution in [-0.2, 0) is 14.8 Å². The summed E-state index contributed by atoms with van der Waals surface area (Å²) in [6.07, 6.45) is -0.0128. The van der Waals surface area contributed by atoms with Crippen LogP contribution in [0.5, 0.6) is 11.5 Å². The van der Waals surface area contributed by atoms with E-state index < -0.39 is 22.5 Å². The van der Waals surface area contributed by atoms with Gasteiger partial charge in [0.25, 0.3) is 10.0 Å². The number of sulfonamides is 1. The number of hydrogen-bond acceptors (Lipinski definition) is 5. The molecule has 0 radical (unpaired) electrons. The molecule has 0 aliphatic heterocycles. The fourth-order valence-electron chi connectivity index (χ4n) is 3.15. The topological polar surface area (TPSA) is 84.9 Å². The van der Waals surface area contributed by atoms with Crippen LogP contribution in [0.1, 0.15) is 19.4 Å². The Bertz CT molecular complexity index is 1190. The summed E-state index contributed by atoms with van der Waals surface area (Å²) in [4.78, 5) is 13.0. The summed E-state index contributed by atoms with van der Waals surface area (Å²) >= 11 is 0. The molecular formula is C25H28N2O5S. The first-order valence-electron chi connectivity index (χ1n) is 10.5. The molecule has 1 amide bonds. The van der Waals surface area contributed by atoms with Crippen molar-refractivity contribution in [2.75, 3.05) is 23.3 Å². The molecule has 0 spiro atoms. The Balaban J connectivity index is 1.89. The zero-order valence-corrected chi connectivity index (χ0v) is 19.9. The van der Waals surface area contributed by atoms with E-state index in [0.29, 0.717) is 22.9 Å². The predicted octanol–water partition coefficient (Wildman–Crippen LogP) is 4.62. The maximum atomic E-state index is 13.5. The third-order valence-corrected chi connectivity index (χ3v) is 6.53. The summed E-state index contributed by atoms with van der Waals surface area (Å²) in [7, 11) is -2.47. The highest BCUT2D eigenvalue weighted by atomic mass is 32.2. The van der Waals surface area contributed by atoms with Crippen LogP contribution in [0.3, 0.4) is 0 Å². The van der Waals surface area contributed by atoms with E-state index in [1.807, 2.05) is 20.8 Å². The van der Waals surface area contributed by atoms with Crippen molar-refractivity contribution in [2.45, 2.75) is 31.8 Å². The molecule has 1 N–H and O–H groups in total. The van der Waals surface area contributed by atoms with Gasteiger partial charge in [-0.25, -0.2) is 8.42 Å². The van der Waals surface area contributed by atoms with Crippen LogP contribution in [0.15, 0.2) is 77.7 Å². The summed E-state index contributed by atoms with van der Waals surface area (Å²) < 4.78 is 38.8. The van der Waals surface area contributed by atoms with Gasteiger partial charge < -0.3 is 14.8 Å². The lowest BCUT2D eigenvalue weighted by molar-refractivity contribution is -0.114. The number of nitrogens with zero attached hydrogens (tertiary/aromatic N) is 1. The van der Waals surface area contributed by atoms with E-state index in [4.69, 9.17) is 9.47 Å². The molecule has 3 rings (SSSR count). The monoisotopic (exact) mass is 468 g/mol. The minimum atomic E-state index is -3.99. The average Bonchev–Trinajstić information content (AvgIpc) is 2.77. The number of rotatable bonds is 9. The van der Waals surface area contributed by atoms with Gasteiger partial charge in [-0.3, -0.25) is 9.10 Å². The van der Waals surface area contributed by atoms with Crippen molar-refractivity contribution in [1.82, 2.24) is 0 Å². The van der Waals surface area contributed by atoms with Crippen LogP contribution in [0, 0.1) is 6.92 Å². The largest absolute Gasteiger partial charge is 0.497 e. The van der Waals surface area contributed by atoms with E-state index >= 15 is 0 Å². The summed E-state index contributed by atoms with van der Waals surface area (Å²) in [5.41, 5.74) is 1.80. The molecule has 0 aliphatic carbocycles. The van der Waals surface area contributed by atoms with Crippen LogP contribution < -0.4 is 19.1 Å². The smallest absolute Gasteiger partial charge is 0.264 e. The number of benzene rings is 3. The molecule has 174 valence electrons. The summed E-state index contributed by atoms with van der Waals surface area (Å²) in [5, 5.41) is 2.76. The van der Waals surface area contributed by atoms with Crippen molar-refractivity contribution >= 4 is 27.3 Å². The molecule has 0 unspecified atom stereocenters. The highest BCUT2D eigenvalue weighted by molar-refractivity contribution is 7.92. The van der Waals surface area contributed by atoms with Gasteiger partial charge in [-0.15, -0.1) is 0 Å². The molecule has 3 aromatic rings. The fourth-order valence-corrected chi connectivity index (χ4v) is 4.57. The third-order valence-electron chi connectivity index (χ3n) is 4.75. The van der Waals surface area contributed by atoms with Gasteiger partial charge in [0.2, 0.25) is 5.91 Å². The van der Waals surface area contributed by atoms with E-state index in [-0.39, 0.29) is 11.0 Å². The summed E-state index contributed by atoms with van der Waals surface area (Å²) in [6, 6.07) is 20.0. The molecule has 0 bridgehead atoms. The molecule has 0 aliphatic rings. The fraction of sp³-hybridized carbons (Fsp3) is 0.240. The quantitative estimate of drug-likeness (QED) is 0.495. The van der Waals surface area contributed by atoms with Crippen molar-refractivity contribution in [3.63, 3.8) is 0 Å². The van der Waals surface area contributed by atoms with E-state index in [1.54, 1.807) is 60.7 Å². The minimum Gasteiger partial charge on any atom is -0.497 e. The average molecular weight is 469 g/mol. The molecule has 8 heteroatoms. The second kappa shape index (κ2) is 10.4. The zero-order valence-electron chi connectivity index (χ0n) is 19.1. The molecule has 0 saturated carbocycles. The van der Waals surface area contributed by atoms with Crippen molar-refractivity contribution in [2.24, 2.45) is 0 Å². The second-order valence-electron chi connectivity index (χ2n) is 7.77. The Morgan fingerprint density at radius 2 is 1.64 bits per heavy atom. The maximum Gasteiger partial charge on any atom is 0.264 e. The number of methoxy groups -OCH3 is 1. The number of aryl methyl sites for hydroxylation is 1. The van der Waals surface area contributed by atoms with Crippen LogP contribution in [0.4, 0.5) is 11.4 Å². The lowest BCUT2D eigenvalue weighted by Gasteiger charge is -2.24. The van der Waals surface area contributed by atoms with Crippen molar-refractivity contribution in [3.05, 3.63) is 78.4 Å². The molecule has 3 aromatic carbocycles. The highest BCUT2D eigenvalue weighted by Gasteiger charge is 2.27.